The lowest BCUT2D eigenvalue weighted by Gasteiger charge is -2.25. The number of anilines is 1. The van der Waals surface area contributed by atoms with Crippen LogP contribution < -0.4 is 5.32 Å². The summed E-state index contributed by atoms with van der Waals surface area (Å²) < 4.78 is 2.99. The van der Waals surface area contributed by atoms with Crippen LogP contribution in [0.1, 0.15) is 17.8 Å². The van der Waals surface area contributed by atoms with Gasteiger partial charge in [-0.3, -0.25) is 4.68 Å². The van der Waals surface area contributed by atoms with Crippen molar-refractivity contribution in [2.24, 2.45) is 0 Å². The fraction of sp³-hybridized carbons (Fsp3) is 0.353. The van der Waals surface area contributed by atoms with E-state index in [-0.39, 0.29) is 12.1 Å². The average Bonchev–Trinajstić information content (AvgIpc) is 3.27. The molecule has 0 unspecified atom stereocenters. The molecular weight excluding hydrogens is 322 g/mol. The van der Waals surface area contributed by atoms with Gasteiger partial charge in [0.05, 0.1) is 27.8 Å². The largest absolute Gasteiger partial charge is 0.322 e. The molecule has 0 bridgehead atoms. The van der Waals surface area contributed by atoms with Gasteiger partial charge in [0, 0.05) is 24.6 Å². The number of aromatic nitrogens is 3. The predicted molar refractivity (Wildman–Crippen MR) is 95.3 cm³/mol. The van der Waals surface area contributed by atoms with Gasteiger partial charge in [-0.05, 0) is 44.0 Å². The standard InChI is InChI=1S/C17H19N5OS/c1-12-19-15-6-5-13(10-16(15)24-12)20-17(23)22-9-2-4-14(22)11-21-8-3-7-18-21/h3,5-8,10,14H,2,4,9,11H2,1H3,(H,20,23)/t14-/m1/s1. The van der Waals surface area contributed by atoms with Crippen molar-refractivity contribution >= 4 is 33.3 Å². The molecule has 1 aromatic carbocycles. The fourth-order valence-electron chi connectivity index (χ4n) is 3.23. The first-order chi connectivity index (χ1) is 11.7. The Labute approximate surface area is 144 Å². The maximum atomic E-state index is 12.7. The number of amides is 2. The molecule has 2 amide bonds. The normalized spacial score (nSPS) is 17.5. The van der Waals surface area contributed by atoms with Crippen LogP contribution in [0.3, 0.4) is 0 Å². The fourth-order valence-corrected chi connectivity index (χ4v) is 4.10. The van der Waals surface area contributed by atoms with Crippen LogP contribution in [0.5, 0.6) is 0 Å². The number of hydrogen-bond donors (Lipinski definition) is 1. The van der Waals surface area contributed by atoms with Gasteiger partial charge >= 0.3 is 6.03 Å². The zero-order chi connectivity index (χ0) is 16.5. The van der Waals surface area contributed by atoms with E-state index in [2.05, 4.69) is 15.4 Å². The molecule has 124 valence electrons. The maximum Gasteiger partial charge on any atom is 0.322 e. The topological polar surface area (TPSA) is 63.1 Å². The highest BCUT2D eigenvalue weighted by Gasteiger charge is 2.29. The number of nitrogens with zero attached hydrogens (tertiary/aromatic N) is 4. The molecule has 1 aliphatic rings. The van der Waals surface area contributed by atoms with Gasteiger partial charge in [0.1, 0.15) is 0 Å². The Morgan fingerprint density at radius 1 is 1.46 bits per heavy atom. The van der Waals surface area contributed by atoms with Crippen LogP contribution in [0.4, 0.5) is 10.5 Å². The summed E-state index contributed by atoms with van der Waals surface area (Å²) >= 11 is 1.64. The van der Waals surface area contributed by atoms with E-state index in [1.807, 2.05) is 47.0 Å². The highest BCUT2D eigenvalue weighted by atomic mass is 32.1. The number of urea groups is 1. The molecule has 0 radical (unpaired) electrons. The van der Waals surface area contributed by atoms with E-state index in [0.717, 1.165) is 46.8 Å². The van der Waals surface area contributed by atoms with Crippen molar-refractivity contribution in [1.82, 2.24) is 19.7 Å². The summed E-state index contributed by atoms with van der Waals surface area (Å²) in [6.07, 6.45) is 5.76. The highest BCUT2D eigenvalue weighted by molar-refractivity contribution is 7.18. The van der Waals surface area contributed by atoms with Crippen LogP contribution in [0, 0.1) is 6.92 Å². The van der Waals surface area contributed by atoms with Gasteiger partial charge in [-0.15, -0.1) is 11.3 Å². The monoisotopic (exact) mass is 341 g/mol. The lowest BCUT2D eigenvalue weighted by molar-refractivity contribution is 0.199. The quantitative estimate of drug-likeness (QED) is 0.793. The lowest BCUT2D eigenvalue weighted by Crippen LogP contribution is -2.40. The van der Waals surface area contributed by atoms with Gasteiger partial charge < -0.3 is 10.2 Å². The lowest BCUT2D eigenvalue weighted by atomic mass is 10.2. The summed E-state index contributed by atoms with van der Waals surface area (Å²) in [5, 5.41) is 8.31. The summed E-state index contributed by atoms with van der Waals surface area (Å²) in [6, 6.07) is 7.93. The zero-order valence-corrected chi connectivity index (χ0v) is 14.3. The first-order valence-electron chi connectivity index (χ1n) is 8.11. The Morgan fingerprint density at radius 3 is 3.21 bits per heavy atom. The van der Waals surface area contributed by atoms with Gasteiger partial charge in [-0.1, -0.05) is 0 Å². The van der Waals surface area contributed by atoms with Crippen LogP contribution in [-0.4, -0.2) is 38.3 Å². The van der Waals surface area contributed by atoms with Crippen LogP contribution in [-0.2, 0) is 6.54 Å². The number of fused-ring (bicyclic) bond motifs is 1. The number of nitrogens with one attached hydrogen (secondary N) is 1. The molecule has 4 rings (SSSR count). The Hall–Kier alpha value is -2.41. The van der Waals surface area contributed by atoms with Crippen molar-refractivity contribution in [3.63, 3.8) is 0 Å². The Morgan fingerprint density at radius 2 is 2.38 bits per heavy atom. The van der Waals surface area contributed by atoms with Gasteiger partial charge in [-0.2, -0.15) is 5.10 Å². The first kappa shape index (κ1) is 15.1. The summed E-state index contributed by atoms with van der Waals surface area (Å²) in [6.45, 7) is 3.53. The molecule has 24 heavy (non-hydrogen) atoms. The number of carbonyl (C=O) groups excluding carboxylic acids is 1. The molecule has 3 aromatic rings. The molecule has 0 saturated carbocycles. The third-order valence-electron chi connectivity index (χ3n) is 4.34. The molecule has 1 atom stereocenters. The van der Waals surface area contributed by atoms with E-state index in [1.54, 1.807) is 17.5 Å². The Kier molecular flexibility index (Phi) is 3.93. The molecule has 1 N–H and O–H groups in total. The second kappa shape index (κ2) is 6.24. The number of benzene rings is 1. The van der Waals surface area contributed by atoms with Crippen molar-refractivity contribution in [1.29, 1.82) is 0 Å². The molecule has 1 fully saturated rings. The van der Waals surface area contributed by atoms with E-state index < -0.39 is 0 Å². The van der Waals surface area contributed by atoms with Crippen LogP contribution >= 0.6 is 11.3 Å². The minimum Gasteiger partial charge on any atom is -0.320 e. The summed E-state index contributed by atoms with van der Waals surface area (Å²) in [5.41, 5.74) is 1.80. The van der Waals surface area contributed by atoms with E-state index in [1.165, 1.54) is 0 Å². The summed E-state index contributed by atoms with van der Waals surface area (Å²) in [5.74, 6) is 0. The minimum absolute atomic E-state index is 0.0368. The molecule has 0 spiro atoms. The van der Waals surface area contributed by atoms with Crippen LogP contribution in [0.15, 0.2) is 36.7 Å². The number of aryl methyl sites for hydroxylation is 1. The minimum atomic E-state index is -0.0368. The Bertz CT molecular complexity index is 857. The SMILES string of the molecule is Cc1nc2ccc(NC(=O)N3CCC[C@@H]3Cn3cccn3)cc2s1. The second-order valence-electron chi connectivity index (χ2n) is 6.06. The summed E-state index contributed by atoms with van der Waals surface area (Å²) in [4.78, 5) is 19.0. The summed E-state index contributed by atoms with van der Waals surface area (Å²) in [7, 11) is 0. The Balaban J connectivity index is 1.47. The van der Waals surface area contributed by atoms with Crippen molar-refractivity contribution in [2.75, 3.05) is 11.9 Å². The van der Waals surface area contributed by atoms with Crippen LogP contribution in [0.25, 0.3) is 10.2 Å². The van der Waals surface area contributed by atoms with Crippen molar-refractivity contribution in [2.45, 2.75) is 32.4 Å². The first-order valence-corrected chi connectivity index (χ1v) is 8.93. The molecule has 2 aromatic heterocycles. The third-order valence-corrected chi connectivity index (χ3v) is 5.28. The molecule has 3 heterocycles. The molecule has 1 aliphatic heterocycles. The average molecular weight is 341 g/mol. The molecule has 0 aliphatic carbocycles. The zero-order valence-electron chi connectivity index (χ0n) is 13.5. The molecule has 7 heteroatoms. The molecular formula is C17H19N5OS. The van der Waals surface area contributed by atoms with Gasteiger partial charge in [0.15, 0.2) is 0 Å². The number of carbonyl (C=O) groups is 1. The van der Waals surface area contributed by atoms with Gasteiger partial charge in [-0.25, -0.2) is 9.78 Å². The van der Waals surface area contributed by atoms with Crippen molar-refractivity contribution in [3.05, 3.63) is 41.7 Å². The number of rotatable bonds is 3. The van der Waals surface area contributed by atoms with Gasteiger partial charge in [0.25, 0.3) is 0 Å². The molecule has 6 nitrogen and oxygen atoms in total. The van der Waals surface area contributed by atoms with Crippen molar-refractivity contribution < 1.29 is 4.79 Å². The van der Waals surface area contributed by atoms with Crippen molar-refractivity contribution in [3.8, 4) is 0 Å². The van der Waals surface area contributed by atoms with Gasteiger partial charge in [0.2, 0.25) is 0 Å². The highest BCUT2D eigenvalue weighted by Crippen LogP contribution is 2.26. The maximum absolute atomic E-state index is 12.7. The van der Waals surface area contributed by atoms with Crippen LogP contribution in [0.2, 0.25) is 0 Å². The number of hydrogen-bond acceptors (Lipinski definition) is 4. The number of thiazole rings is 1. The smallest absolute Gasteiger partial charge is 0.320 e. The van der Waals surface area contributed by atoms with E-state index >= 15 is 0 Å². The molecule has 1 saturated heterocycles. The second-order valence-corrected chi connectivity index (χ2v) is 7.30. The third kappa shape index (κ3) is 2.99. The number of likely N-dealkylation sites (tertiary alicyclic amines) is 1. The van der Waals surface area contributed by atoms with E-state index in [4.69, 9.17) is 0 Å². The predicted octanol–water partition coefficient (Wildman–Crippen LogP) is 3.50. The van der Waals surface area contributed by atoms with E-state index in [9.17, 15) is 4.79 Å². The van der Waals surface area contributed by atoms with E-state index in [0.29, 0.717) is 0 Å².